The molecule has 1 aliphatic heterocycles. The molecule has 0 radical (unpaired) electrons. The SMILES string of the molecule is CC(=O)c1csc(NC(=O)C2COCC2N)n1. The summed E-state index contributed by atoms with van der Waals surface area (Å²) in [4.78, 5) is 26.9. The van der Waals surface area contributed by atoms with E-state index in [-0.39, 0.29) is 23.7 Å². The topological polar surface area (TPSA) is 94.3 Å². The quantitative estimate of drug-likeness (QED) is 0.755. The first-order chi connectivity index (χ1) is 8.08. The van der Waals surface area contributed by atoms with Crippen molar-refractivity contribution in [3.63, 3.8) is 0 Å². The van der Waals surface area contributed by atoms with Crippen LogP contribution in [0.4, 0.5) is 5.13 Å². The molecule has 2 rings (SSSR count). The average Bonchev–Trinajstić information content (AvgIpc) is 2.86. The third kappa shape index (κ3) is 2.68. The summed E-state index contributed by atoms with van der Waals surface area (Å²) in [5.41, 5.74) is 6.09. The zero-order chi connectivity index (χ0) is 12.4. The van der Waals surface area contributed by atoms with E-state index >= 15 is 0 Å². The van der Waals surface area contributed by atoms with E-state index in [0.29, 0.717) is 24.0 Å². The van der Waals surface area contributed by atoms with Crippen LogP contribution in [0.25, 0.3) is 0 Å². The second kappa shape index (κ2) is 4.91. The number of nitrogens with zero attached hydrogens (tertiary/aromatic N) is 1. The second-order valence-corrected chi connectivity index (χ2v) is 4.75. The molecule has 7 heteroatoms. The summed E-state index contributed by atoms with van der Waals surface area (Å²) in [6, 6.07) is -0.276. The lowest BCUT2D eigenvalue weighted by atomic mass is 10.0. The van der Waals surface area contributed by atoms with Crippen molar-refractivity contribution >= 4 is 28.2 Å². The summed E-state index contributed by atoms with van der Waals surface area (Å²) in [6.07, 6.45) is 0. The minimum absolute atomic E-state index is 0.123. The third-order valence-electron chi connectivity index (χ3n) is 2.56. The van der Waals surface area contributed by atoms with Gasteiger partial charge in [-0.3, -0.25) is 9.59 Å². The van der Waals surface area contributed by atoms with Crippen LogP contribution < -0.4 is 11.1 Å². The maximum atomic E-state index is 11.8. The number of hydrogen-bond acceptors (Lipinski definition) is 6. The minimum atomic E-state index is -0.348. The van der Waals surface area contributed by atoms with Crippen LogP contribution in [0.5, 0.6) is 0 Å². The average molecular weight is 255 g/mol. The van der Waals surface area contributed by atoms with Crippen LogP contribution in [0.15, 0.2) is 5.38 Å². The van der Waals surface area contributed by atoms with Crippen molar-refractivity contribution in [2.24, 2.45) is 11.7 Å². The van der Waals surface area contributed by atoms with E-state index in [9.17, 15) is 9.59 Å². The maximum Gasteiger partial charge on any atom is 0.233 e. The number of amides is 1. The molecule has 0 aliphatic carbocycles. The Morgan fingerprint density at radius 1 is 1.59 bits per heavy atom. The summed E-state index contributed by atoms with van der Waals surface area (Å²) in [5.74, 6) is -0.679. The molecular weight excluding hydrogens is 242 g/mol. The van der Waals surface area contributed by atoms with Crippen LogP contribution in [0, 0.1) is 5.92 Å². The summed E-state index contributed by atoms with van der Waals surface area (Å²) < 4.78 is 5.11. The van der Waals surface area contributed by atoms with Crippen molar-refractivity contribution < 1.29 is 14.3 Å². The molecule has 3 N–H and O–H groups in total. The van der Waals surface area contributed by atoms with Crippen molar-refractivity contribution in [3.8, 4) is 0 Å². The molecule has 17 heavy (non-hydrogen) atoms. The van der Waals surface area contributed by atoms with Gasteiger partial charge in [0.2, 0.25) is 5.91 Å². The summed E-state index contributed by atoms with van der Waals surface area (Å²) in [5, 5.41) is 4.68. The monoisotopic (exact) mass is 255 g/mol. The minimum Gasteiger partial charge on any atom is -0.379 e. The van der Waals surface area contributed by atoms with Gasteiger partial charge in [0, 0.05) is 18.3 Å². The molecule has 2 heterocycles. The lowest BCUT2D eigenvalue weighted by Gasteiger charge is -2.11. The summed E-state index contributed by atoms with van der Waals surface area (Å²) in [7, 11) is 0. The number of Topliss-reactive ketones (excluding diaryl/α,β-unsaturated/α-hetero) is 1. The molecule has 1 aromatic heterocycles. The Morgan fingerprint density at radius 3 is 2.88 bits per heavy atom. The van der Waals surface area contributed by atoms with E-state index in [1.54, 1.807) is 5.38 Å². The summed E-state index contributed by atoms with van der Waals surface area (Å²) >= 11 is 1.22. The van der Waals surface area contributed by atoms with Crippen molar-refractivity contribution in [2.75, 3.05) is 18.5 Å². The largest absolute Gasteiger partial charge is 0.379 e. The Hall–Kier alpha value is -1.31. The Bertz CT molecular complexity index is 446. The predicted octanol–water partition coefficient (Wildman–Crippen LogP) is 0.258. The second-order valence-electron chi connectivity index (χ2n) is 3.89. The van der Waals surface area contributed by atoms with Crippen molar-refractivity contribution in [1.29, 1.82) is 0 Å². The van der Waals surface area contributed by atoms with Crippen LogP contribution in [0.2, 0.25) is 0 Å². The highest BCUT2D eigenvalue weighted by atomic mass is 32.1. The van der Waals surface area contributed by atoms with Gasteiger partial charge in [-0.25, -0.2) is 4.98 Å². The van der Waals surface area contributed by atoms with E-state index in [2.05, 4.69) is 10.3 Å². The van der Waals surface area contributed by atoms with Gasteiger partial charge in [-0.15, -0.1) is 11.3 Å². The van der Waals surface area contributed by atoms with Gasteiger partial charge in [-0.05, 0) is 0 Å². The zero-order valence-corrected chi connectivity index (χ0v) is 10.1. The Balaban J connectivity index is 2.00. The summed E-state index contributed by atoms with van der Waals surface area (Å²) in [6.45, 7) is 2.16. The number of thiazole rings is 1. The van der Waals surface area contributed by atoms with Crippen LogP contribution in [0.3, 0.4) is 0 Å². The van der Waals surface area contributed by atoms with Crippen LogP contribution in [-0.2, 0) is 9.53 Å². The predicted molar refractivity (Wildman–Crippen MR) is 63.0 cm³/mol. The zero-order valence-electron chi connectivity index (χ0n) is 9.30. The highest BCUT2D eigenvalue weighted by molar-refractivity contribution is 7.14. The number of hydrogen-bond donors (Lipinski definition) is 2. The molecule has 2 unspecified atom stereocenters. The standard InChI is InChI=1S/C10H13N3O3S/c1-5(14)8-4-17-10(12-8)13-9(15)6-2-16-3-7(6)11/h4,6-7H,2-3,11H2,1H3,(H,12,13,15). The lowest BCUT2D eigenvalue weighted by molar-refractivity contribution is -0.120. The molecule has 1 fully saturated rings. The fraction of sp³-hybridized carbons (Fsp3) is 0.500. The van der Waals surface area contributed by atoms with Gasteiger partial charge in [0.05, 0.1) is 19.1 Å². The van der Waals surface area contributed by atoms with E-state index in [0.717, 1.165) is 0 Å². The fourth-order valence-electron chi connectivity index (χ4n) is 1.53. The highest BCUT2D eigenvalue weighted by Crippen LogP contribution is 2.19. The number of carbonyl (C=O) groups excluding carboxylic acids is 2. The lowest BCUT2D eigenvalue weighted by Crippen LogP contribution is -2.37. The number of ether oxygens (including phenoxy) is 1. The van der Waals surface area contributed by atoms with E-state index < -0.39 is 0 Å². The highest BCUT2D eigenvalue weighted by Gasteiger charge is 2.31. The molecule has 0 bridgehead atoms. The molecule has 0 saturated carbocycles. The number of nitrogens with two attached hydrogens (primary N) is 1. The Morgan fingerprint density at radius 2 is 2.35 bits per heavy atom. The molecule has 92 valence electrons. The number of aromatic nitrogens is 1. The normalized spacial score (nSPS) is 23.6. The Labute approximate surface area is 102 Å². The number of anilines is 1. The molecular formula is C10H13N3O3S. The smallest absolute Gasteiger partial charge is 0.233 e. The van der Waals surface area contributed by atoms with Crippen LogP contribution >= 0.6 is 11.3 Å². The fourth-order valence-corrected chi connectivity index (χ4v) is 2.28. The molecule has 1 aliphatic rings. The molecule has 2 atom stereocenters. The first-order valence-electron chi connectivity index (χ1n) is 5.18. The molecule has 6 nitrogen and oxygen atoms in total. The number of ketones is 1. The van der Waals surface area contributed by atoms with Crippen molar-refractivity contribution in [2.45, 2.75) is 13.0 Å². The number of nitrogens with one attached hydrogen (secondary N) is 1. The van der Waals surface area contributed by atoms with Gasteiger partial charge >= 0.3 is 0 Å². The molecule has 1 saturated heterocycles. The van der Waals surface area contributed by atoms with E-state index in [1.165, 1.54) is 18.3 Å². The molecule has 0 spiro atoms. The third-order valence-corrected chi connectivity index (χ3v) is 3.31. The van der Waals surface area contributed by atoms with Gasteiger partial charge < -0.3 is 15.8 Å². The van der Waals surface area contributed by atoms with Crippen LogP contribution in [0.1, 0.15) is 17.4 Å². The molecule has 1 aromatic rings. The van der Waals surface area contributed by atoms with Gasteiger partial charge in [0.25, 0.3) is 0 Å². The first kappa shape index (κ1) is 12.2. The van der Waals surface area contributed by atoms with E-state index in [1.807, 2.05) is 0 Å². The Kier molecular flexibility index (Phi) is 3.51. The molecule has 1 amide bonds. The molecule has 0 aromatic carbocycles. The number of rotatable bonds is 3. The first-order valence-corrected chi connectivity index (χ1v) is 6.06. The van der Waals surface area contributed by atoms with Gasteiger partial charge in [0.15, 0.2) is 10.9 Å². The van der Waals surface area contributed by atoms with Crippen molar-refractivity contribution in [1.82, 2.24) is 4.98 Å². The van der Waals surface area contributed by atoms with E-state index in [4.69, 9.17) is 10.5 Å². The number of carbonyl (C=O) groups is 2. The van der Waals surface area contributed by atoms with Gasteiger partial charge in [0.1, 0.15) is 5.69 Å². The van der Waals surface area contributed by atoms with Crippen molar-refractivity contribution in [3.05, 3.63) is 11.1 Å². The van der Waals surface area contributed by atoms with Gasteiger partial charge in [-0.1, -0.05) is 0 Å². The maximum absolute atomic E-state index is 11.8. The van der Waals surface area contributed by atoms with Crippen LogP contribution in [-0.4, -0.2) is 35.9 Å². The van der Waals surface area contributed by atoms with Gasteiger partial charge in [-0.2, -0.15) is 0 Å².